The summed E-state index contributed by atoms with van der Waals surface area (Å²) in [6.07, 6.45) is 3.61. The summed E-state index contributed by atoms with van der Waals surface area (Å²) in [6.45, 7) is 2.39. The Kier molecular flexibility index (Phi) is 4.90. The Morgan fingerprint density at radius 1 is 1.12 bits per heavy atom. The number of nitrogens with one attached hydrogen (secondary N) is 1. The number of anilines is 2. The molecular formula is C22H22N8O3. The molecule has 1 amide bonds. The summed E-state index contributed by atoms with van der Waals surface area (Å²) in [4.78, 5) is 27.3. The second-order valence-corrected chi connectivity index (χ2v) is 7.98. The number of pyridine rings is 1. The van der Waals surface area contributed by atoms with E-state index < -0.39 is 11.5 Å². The maximum absolute atomic E-state index is 12.3. The molecule has 5 rings (SSSR count). The summed E-state index contributed by atoms with van der Waals surface area (Å²) in [7, 11) is 3.51. The molecule has 2 N–H and O–H groups in total. The Bertz CT molecular complexity index is 1350. The van der Waals surface area contributed by atoms with Gasteiger partial charge in [0.25, 0.3) is 5.91 Å². The normalized spacial score (nSPS) is 18.2. The maximum atomic E-state index is 12.3. The van der Waals surface area contributed by atoms with E-state index in [9.17, 15) is 9.90 Å². The van der Waals surface area contributed by atoms with Crippen LogP contribution in [0.25, 0.3) is 22.8 Å². The van der Waals surface area contributed by atoms with Crippen LogP contribution in [0, 0.1) is 6.92 Å². The molecular weight excluding hydrogens is 424 g/mol. The van der Waals surface area contributed by atoms with Crippen LogP contribution in [0.5, 0.6) is 0 Å². The van der Waals surface area contributed by atoms with Gasteiger partial charge in [0.05, 0.1) is 34.7 Å². The number of hydrogen-bond donors (Lipinski definition) is 2. The largest absolute Gasteiger partial charge is 0.373 e. The number of carbonyl (C=O) groups is 1. The van der Waals surface area contributed by atoms with Crippen molar-refractivity contribution in [3.8, 4) is 22.8 Å². The van der Waals surface area contributed by atoms with Gasteiger partial charge in [0, 0.05) is 39.3 Å². The first-order valence-corrected chi connectivity index (χ1v) is 10.4. The summed E-state index contributed by atoms with van der Waals surface area (Å²) in [5.41, 5.74) is 2.25. The van der Waals surface area contributed by atoms with Crippen molar-refractivity contribution in [1.82, 2.24) is 34.8 Å². The molecule has 0 aliphatic carbocycles. The van der Waals surface area contributed by atoms with Crippen LogP contribution < -0.4 is 5.32 Å². The molecule has 0 spiro atoms. The fourth-order valence-corrected chi connectivity index (χ4v) is 3.70. The highest BCUT2D eigenvalue weighted by Gasteiger charge is 2.48. The number of hydrogen-bond acceptors (Lipinski definition) is 9. The first-order chi connectivity index (χ1) is 15.8. The van der Waals surface area contributed by atoms with E-state index in [2.05, 4.69) is 30.5 Å². The molecule has 5 heterocycles. The van der Waals surface area contributed by atoms with Crippen LogP contribution >= 0.6 is 0 Å². The van der Waals surface area contributed by atoms with Crippen molar-refractivity contribution < 1.29 is 14.4 Å². The van der Waals surface area contributed by atoms with Crippen molar-refractivity contribution in [2.75, 3.05) is 18.9 Å². The van der Waals surface area contributed by atoms with E-state index >= 15 is 0 Å². The Labute approximate surface area is 189 Å². The van der Waals surface area contributed by atoms with E-state index in [-0.39, 0.29) is 12.2 Å². The van der Waals surface area contributed by atoms with Gasteiger partial charge in [0.2, 0.25) is 11.5 Å². The first kappa shape index (κ1) is 20.8. The molecule has 1 aliphatic heterocycles. The van der Waals surface area contributed by atoms with Crippen LogP contribution in [0.1, 0.15) is 17.9 Å². The summed E-state index contributed by atoms with van der Waals surface area (Å²) < 4.78 is 7.10. The van der Waals surface area contributed by atoms with Gasteiger partial charge in [-0.1, -0.05) is 11.2 Å². The summed E-state index contributed by atoms with van der Waals surface area (Å²) >= 11 is 0. The number of likely N-dealkylation sites (N-methyl/N-ethyl adjacent to an activating group) is 1. The van der Waals surface area contributed by atoms with Gasteiger partial charge in [0.1, 0.15) is 5.69 Å². The molecule has 168 valence electrons. The number of aromatic nitrogens is 6. The highest BCUT2D eigenvalue weighted by Crippen LogP contribution is 2.34. The van der Waals surface area contributed by atoms with Crippen molar-refractivity contribution in [2.24, 2.45) is 7.05 Å². The number of nitrogens with zero attached hydrogens (tertiary/aromatic N) is 7. The second-order valence-electron chi connectivity index (χ2n) is 7.98. The third kappa shape index (κ3) is 3.61. The molecule has 11 heteroatoms. The molecule has 1 saturated heterocycles. The fraction of sp³-hybridized carbons (Fsp3) is 0.273. The van der Waals surface area contributed by atoms with E-state index in [0.717, 1.165) is 11.4 Å². The van der Waals surface area contributed by atoms with Gasteiger partial charge in [-0.15, -0.1) is 0 Å². The predicted octanol–water partition coefficient (Wildman–Crippen LogP) is 2.03. The minimum Gasteiger partial charge on any atom is -0.373 e. The molecule has 1 unspecified atom stereocenters. The quantitative estimate of drug-likeness (QED) is 0.472. The lowest BCUT2D eigenvalue weighted by Gasteiger charge is -2.16. The second kappa shape index (κ2) is 7.78. The lowest BCUT2D eigenvalue weighted by Crippen LogP contribution is -2.35. The van der Waals surface area contributed by atoms with Crippen LogP contribution in [-0.2, 0) is 17.4 Å². The molecule has 0 saturated carbocycles. The van der Waals surface area contributed by atoms with Gasteiger partial charge in [-0.3, -0.25) is 9.48 Å². The molecule has 0 radical (unpaired) electrons. The van der Waals surface area contributed by atoms with Crippen LogP contribution in [0.15, 0.2) is 47.2 Å². The SMILES string of the molecule is Cc1c(Nc2nccc(-c3cccc(-c4cc(C5(O)CCN(C)C5=O)on4)n3)n2)cnn1C. The molecule has 0 aromatic carbocycles. The minimum atomic E-state index is -1.70. The van der Waals surface area contributed by atoms with E-state index in [1.807, 2.05) is 26.1 Å². The molecule has 11 nitrogen and oxygen atoms in total. The lowest BCUT2D eigenvalue weighted by atomic mass is 9.98. The molecule has 33 heavy (non-hydrogen) atoms. The third-order valence-corrected chi connectivity index (χ3v) is 5.84. The molecule has 0 bridgehead atoms. The Balaban J connectivity index is 1.42. The molecule has 4 aromatic rings. The van der Waals surface area contributed by atoms with Crippen LogP contribution in [0.2, 0.25) is 0 Å². The summed E-state index contributed by atoms with van der Waals surface area (Å²) in [6, 6.07) is 8.75. The van der Waals surface area contributed by atoms with Gasteiger partial charge in [-0.05, 0) is 25.1 Å². The number of aryl methyl sites for hydroxylation is 1. The highest BCUT2D eigenvalue weighted by atomic mass is 16.5. The first-order valence-electron chi connectivity index (χ1n) is 10.4. The average molecular weight is 446 g/mol. The van der Waals surface area contributed by atoms with Gasteiger partial charge in [0.15, 0.2) is 5.76 Å². The summed E-state index contributed by atoms with van der Waals surface area (Å²) in [5, 5.41) is 22.2. The van der Waals surface area contributed by atoms with E-state index in [0.29, 0.717) is 35.3 Å². The van der Waals surface area contributed by atoms with E-state index in [1.54, 1.807) is 42.3 Å². The Morgan fingerprint density at radius 2 is 1.88 bits per heavy atom. The third-order valence-electron chi connectivity index (χ3n) is 5.84. The Morgan fingerprint density at radius 3 is 2.58 bits per heavy atom. The van der Waals surface area contributed by atoms with Crippen molar-refractivity contribution >= 4 is 17.5 Å². The van der Waals surface area contributed by atoms with Crippen molar-refractivity contribution in [1.29, 1.82) is 0 Å². The van der Waals surface area contributed by atoms with Crippen molar-refractivity contribution in [2.45, 2.75) is 18.9 Å². The van der Waals surface area contributed by atoms with Gasteiger partial charge < -0.3 is 19.8 Å². The van der Waals surface area contributed by atoms with Gasteiger partial charge in [-0.25, -0.2) is 15.0 Å². The van der Waals surface area contributed by atoms with E-state index in [1.165, 1.54) is 4.90 Å². The zero-order chi connectivity index (χ0) is 23.2. The van der Waals surface area contributed by atoms with Crippen LogP contribution in [-0.4, -0.2) is 59.4 Å². The Hall–Kier alpha value is -4.12. The van der Waals surface area contributed by atoms with Crippen LogP contribution in [0.4, 0.5) is 11.6 Å². The number of aliphatic hydroxyl groups is 1. The monoisotopic (exact) mass is 446 g/mol. The topological polar surface area (TPSA) is 135 Å². The molecule has 1 fully saturated rings. The van der Waals surface area contributed by atoms with E-state index in [4.69, 9.17) is 4.52 Å². The number of carbonyl (C=O) groups excluding carboxylic acids is 1. The number of amides is 1. The number of likely N-dealkylation sites (tertiary alicyclic amines) is 1. The zero-order valence-electron chi connectivity index (χ0n) is 18.3. The molecule has 1 atom stereocenters. The zero-order valence-corrected chi connectivity index (χ0v) is 18.3. The number of rotatable bonds is 5. The van der Waals surface area contributed by atoms with Gasteiger partial charge in [-0.2, -0.15) is 5.10 Å². The summed E-state index contributed by atoms with van der Waals surface area (Å²) in [5.74, 6) is 0.127. The average Bonchev–Trinajstić information content (AvgIpc) is 3.52. The lowest BCUT2D eigenvalue weighted by molar-refractivity contribution is -0.144. The molecule has 4 aromatic heterocycles. The minimum absolute atomic E-state index is 0.111. The highest BCUT2D eigenvalue weighted by molar-refractivity contribution is 5.87. The van der Waals surface area contributed by atoms with Crippen molar-refractivity contribution in [3.05, 3.63) is 54.2 Å². The predicted molar refractivity (Wildman–Crippen MR) is 118 cm³/mol. The van der Waals surface area contributed by atoms with Gasteiger partial charge >= 0.3 is 0 Å². The molecule has 1 aliphatic rings. The van der Waals surface area contributed by atoms with Crippen LogP contribution in [0.3, 0.4) is 0 Å². The maximum Gasteiger partial charge on any atom is 0.262 e. The smallest absolute Gasteiger partial charge is 0.262 e. The van der Waals surface area contributed by atoms with Crippen molar-refractivity contribution in [3.63, 3.8) is 0 Å². The fourth-order valence-electron chi connectivity index (χ4n) is 3.70. The standard InChI is InChI=1S/C22H22N8O3/c1-13-18(12-24-30(13)3)27-21-23-9-7-16(26-21)14-5-4-6-15(25-14)17-11-19(33-28-17)22(32)8-10-29(2)20(22)31/h4-7,9,11-12,32H,8,10H2,1-3H3,(H,23,26,27).